The number of hydrogen-bond donors (Lipinski definition) is 2. The molecule has 1 aromatic heterocycles. The molecule has 2 aromatic rings. The lowest BCUT2D eigenvalue weighted by atomic mass is 9.85. The van der Waals surface area contributed by atoms with Gasteiger partial charge in [0.15, 0.2) is 5.43 Å². The lowest BCUT2D eigenvalue weighted by molar-refractivity contribution is -0.119. The molecule has 0 unspecified atom stereocenters. The van der Waals surface area contributed by atoms with Gasteiger partial charge in [-0.1, -0.05) is 11.6 Å². The van der Waals surface area contributed by atoms with E-state index in [9.17, 15) is 9.59 Å². The third-order valence-electron chi connectivity index (χ3n) is 3.71. The van der Waals surface area contributed by atoms with Gasteiger partial charge in [0.2, 0.25) is 5.91 Å². The van der Waals surface area contributed by atoms with Crippen LogP contribution in [0.2, 0.25) is 5.02 Å². The number of nitrogens with one attached hydrogen (secondary N) is 1. The van der Waals surface area contributed by atoms with Crippen LogP contribution in [0.3, 0.4) is 0 Å². The lowest BCUT2D eigenvalue weighted by Crippen LogP contribution is -2.29. The number of H-pyrrole nitrogens is 1. The van der Waals surface area contributed by atoms with E-state index in [0.29, 0.717) is 40.0 Å². The van der Waals surface area contributed by atoms with Crippen molar-refractivity contribution in [2.24, 2.45) is 5.73 Å². The van der Waals surface area contributed by atoms with Crippen LogP contribution in [-0.2, 0) is 11.2 Å². The number of fused-ring (bicyclic) bond motifs is 2. The molecule has 19 heavy (non-hydrogen) atoms. The molecule has 0 saturated carbocycles. The van der Waals surface area contributed by atoms with Gasteiger partial charge in [0.25, 0.3) is 0 Å². The molecule has 0 radical (unpaired) electrons. The SMILES string of the molecule is NC(=O)[C@@H]1CCCc2c1[nH]c1ccc(Cl)cc1c2=O. The van der Waals surface area contributed by atoms with Crippen LogP contribution in [0.5, 0.6) is 0 Å². The molecule has 98 valence electrons. The number of pyridine rings is 1. The number of halogens is 1. The lowest BCUT2D eigenvalue weighted by Gasteiger charge is -2.22. The fourth-order valence-electron chi connectivity index (χ4n) is 2.78. The summed E-state index contributed by atoms with van der Waals surface area (Å²) < 4.78 is 0. The molecule has 1 amide bonds. The molecule has 1 aliphatic rings. The largest absolute Gasteiger partial charge is 0.369 e. The molecule has 1 aromatic carbocycles. The zero-order chi connectivity index (χ0) is 13.6. The van der Waals surface area contributed by atoms with Crippen LogP contribution in [0.15, 0.2) is 23.0 Å². The van der Waals surface area contributed by atoms with Gasteiger partial charge in [-0.15, -0.1) is 0 Å². The number of benzene rings is 1. The molecule has 0 bridgehead atoms. The average molecular weight is 277 g/mol. The number of amides is 1. The van der Waals surface area contributed by atoms with E-state index in [2.05, 4.69) is 4.98 Å². The number of rotatable bonds is 1. The molecule has 4 nitrogen and oxygen atoms in total. The van der Waals surface area contributed by atoms with Crippen LogP contribution < -0.4 is 11.2 Å². The maximum atomic E-state index is 12.5. The smallest absolute Gasteiger partial charge is 0.226 e. The van der Waals surface area contributed by atoms with Gasteiger partial charge in [0, 0.05) is 27.2 Å². The summed E-state index contributed by atoms with van der Waals surface area (Å²) in [5.74, 6) is -0.776. The van der Waals surface area contributed by atoms with Crippen molar-refractivity contribution in [1.29, 1.82) is 0 Å². The maximum Gasteiger partial charge on any atom is 0.226 e. The topological polar surface area (TPSA) is 76.0 Å². The fraction of sp³-hybridized carbons (Fsp3) is 0.286. The van der Waals surface area contributed by atoms with E-state index in [4.69, 9.17) is 17.3 Å². The molecule has 1 heterocycles. The minimum absolute atomic E-state index is 0.0443. The Labute approximate surface area is 114 Å². The molecule has 0 fully saturated rings. The number of primary amides is 1. The molecule has 3 N–H and O–H groups in total. The summed E-state index contributed by atoms with van der Waals surface area (Å²) in [5.41, 5.74) is 7.42. The molecule has 1 atom stereocenters. The third kappa shape index (κ3) is 1.92. The highest BCUT2D eigenvalue weighted by molar-refractivity contribution is 6.31. The molecular weight excluding hydrogens is 264 g/mol. The summed E-state index contributed by atoms with van der Waals surface area (Å²) >= 11 is 5.93. The Kier molecular flexibility index (Phi) is 2.82. The predicted octanol–water partition coefficient (Wildman–Crippen LogP) is 2.09. The first-order valence-corrected chi connectivity index (χ1v) is 6.59. The van der Waals surface area contributed by atoms with Crippen LogP contribution in [-0.4, -0.2) is 10.9 Å². The predicted molar refractivity (Wildman–Crippen MR) is 74.5 cm³/mol. The normalized spacial score (nSPS) is 18.3. The minimum Gasteiger partial charge on any atom is -0.369 e. The van der Waals surface area contributed by atoms with E-state index in [0.717, 1.165) is 6.42 Å². The second-order valence-electron chi connectivity index (χ2n) is 4.88. The van der Waals surface area contributed by atoms with Gasteiger partial charge in [-0.3, -0.25) is 9.59 Å². The number of aromatic nitrogens is 1. The summed E-state index contributed by atoms with van der Waals surface area (Å²) in [5, 5.41) is 1.09. The van der Waals surface area contributed by atoms with Crippen LogP contribution in [0.4, 0.5) is 0 Å². The first kappa shape index (κ1) is 12.2. The van der Waals surface area contributed by atoms with Crippen molar-refractivity contribution in [2.45, 2.75) is 25.2 Å². The van der Waals surface area contributed by atoms with Gasteiger partial charge in [-0.05, 0) is 37.5 Å². The molecule has 0 saturated heterocycles. The van der Waals surface area contributed by atoms with Gasteiger partial charge >= 0.3 is 0 Å². The molecule has 0 aliphatic heterocycles. The summed E-state index contributed by atoms with van der Waals surface area (Å²) in [6.07, 6.45) is 2.17. The number of hydrogen-bond acceptors (Lipinski definition) is 2. The van der Waals surface area contributed by atoms with Crippen molar-refractivity contribution in [3.63, 3.8) is 0 Å². The van der Waals surface area contributed by atoms with E-state index in [-0.39, 0.29) is 11.3 Å². The van der Waals surface area contributed by atoms with Gasteiger partial charge in [0.05, 0.1) is 5.92 Å². The van der Waals surface area contributed by atoms with Crippen molar-refractivity contribution < 1.29 is 4.79 Å². The summed E-state index contributed by atoms with van der Waals surface area (Å²) in [6, 6.07) is 5.13. The third-order valence-corrected chi connectivity index (χ3v) is 3.94. The fourth-order valence-corrected chi connectivity index (χ4v) is 2.95. The van der Waals surface area contributed by atoms with Crippen LogP contribution in [0.25, 0.3) is 10.9 Å². The Hall–Kier alpha value is -1.81. The quantitative estimate of drug-likeness (QED) is 0.837. The van der Waals surface area contributed by atoms with Crippen LogP contribution in [0.1, 0.15) is 30.0 Å². The highest BCUT2D eigenvalue weighted by atomic mass is 35.5. The van der Waals surface area contributed by atoms with Gasteiger partial charge in [-0.25, -0.2) is 0 Å². The molecular formula is C14H13ClN2O2. The van der Waals surface area contributed by atoms with Crippen molar-refractivity contribution >= 4 is 28.4 Å². The van der Waals surface area contributed by atoms with E-state index in [1.807, 2.05) is 0 Å². The van der Waals surface area contributed by atoms with E-state index >= 15 is 0 Å². The first-order valence-electron chi connectivity index (χ1n) is 6.21. The maximum absolute atomic E-state index is 12.5. The highest BCUT2D eigenvalue weighted by Gasteiger charge is 2.27. The monoisotopic (exact) mass is 276 g/mol. The average Bonchev–Trinajstić information content (AvgIpc) is 2.39. The van der Waals surface area contributed by atoms with Gasteiger partial charge in [-0.2, -0.15) is 0 Å². The second-order valence-corrected chi connectivity index (χ2v) is 5.32. The van der Waals surface area contributed by atoms with E-state index in [1.54, 1.807) is 18.2 Å². The summed E-state index contributed by atoms with van der Waals surface area (Å²) in [6.45, 7) is 0. The van der Waals surface area contributed by atoms with Crippen molar-refractivity contribution in [3.05, 3.63) is 44.7 Å². The Morgan fingerprint density at radius 1 is 1.42 bits per heavy atom. The zero-order valence-corrected chi connectivity index (χ0v) is 11.0. The van der Waals surface area contributed by atoms with Crippen LogP contribution >= 0.6 is 11.6 Å². The number of nitrogens with two attached hydrogens (primary N) is 1. The molecule has 0 spiro atoms. The number of aromatic amines is 1. The molecule has 3 rings (SSSR count). The standard InChI is InChI=1S/C14H13ClN2O2/c15-7-4-5-11-10(6-7)13(18)8-2-1-3-9(14(16)19)12(8)17-11/h4-6,9H,1-3H2,(H2,16,19)(H,17,18)/t9-/m1/s1. The molecule has 5 heteroatoms. The Balaban J connectivity index is 2.34. The number of carbonyl (C=O) groups excluding carboxylic acids is 1. The Bertz CT molecular complexity index is 736. The summed E-state index contributed by atoms with van der Waals surface area (Å²) in [4.78, 5) is 27.1. The highest BCUT2D eigenvalue weighted by Crippen LogP contribution is 2.30. The Morgan fingerprint density at radius 2 is 2.21 bits per heavy atom. The van der Waals surface area contributed by atoms with Gasteiger partial charge in [0.1, 0.15) is 0 Å². The zero-order valence-electron chi connectivity index (χ0n) is 10.2. The van der Waals surface area contributed by atoms with E-state index < -0.39 is 5.92 Å². The van der Waals surface area contributed by atoms with Crippen molar-refractivity contribution in [2.75, 3.05) is 0 Å². The van der Waals surface area contributed by atoms with Gasteiger partial charge < -0.3 is 10.7 Å². The summed E-state index contributed by atoms with van der Waals surface area (Å²) in [7, 11) is 0. The first-order chi connectivity index (χ1) is 9.08. The second kappa shape index (κ2) is 4.38. The minimum atomic E-state index is -0.392. The van der Waals surface area contributed by atoms with Crippen molar-refractivity contribution in [3.8, 4) is 0 Å². The van der Waals surface area contributed by atoms with Crippen LogP contribution in [0, 0.1) is 0 Å². The molecule has 1 aliphatic carbocycles. The Morgan fingerprint density at radius 3 is 2.95 bits per heavy atom. The van der Waals surface area contributed by atoms with E-state index in [1.165, 1.54) is 0 Å². The van der Waals surface area contributed by atoms with Crippen molar-refractivity contribution in [1.82, 2.24) is 4.98 Å². The number of carbonyl (C=O) groups is 1.